The average molecular weight is 420 g/mol. The van der Waals surface area contributed by atoms with Gasteiger partial charge in [-0.1, -0.05) is 24.3 Å². The summed E-state index contributed by atoms with van der Waals surface area (Å²) in [6.45, 7) is 2.65. The van der Waals surface area contributed by atoms with E-state index >= 15 is 0 Å². The summed E-state index contributed by atoms with van der Waals surface area (Å²) < 4.78 is 13.2. The number of hydrogen-bond acceptors (Lipinski definition) is 4. The predicted molar refractivity (Wildman–Crippen MR) is 127 cm³/mol. The van der Waals surface area contributed by atoms with Gasteiger partial charge in [0.15, 0.2) is 0 Å². The molecule has 0 atom stereocenters. The van der Waals surface area contributed by atoms with Crippen LogP contribution in [0.15, 0.2) is 91.4 Å². The maximum Gasteiger partial charge on any atom is 0.135 e. The lowest BCUT2D eigenvalue weighted by atomic mass is 10.0. The fourth-order valence-corrected chi connectivity index (χ4v) is 3.71. The molecule has 1 N–H and O–H groups in total. The van der Waals surface area contributed by atoms with Crippen molar-refractivity contribution in [1.82, 2.24) is 15.0 Å². The molecule has 0 aliphatic rings. The standard InChI is InChI=1S/C27H21FN4/c1-18-14-22(10-12-29-18)20-4-2-19(3-5-20)16-32-27-25-17-31-26(15-23(25)11-13-30-27)21-6-8-24(28)9-7-21/h2-15,17H,16H2,1H3,(H,30,32). The number of rotatable bonds is 5. The van der Waals surface area contributed by atoms with Crippen molar-refractivity contribution in [2.45, 2.75) is 13.5 Å². The van der Waals surface area contributed by atoms with E-state index in [1.54, 1.807) is 18.3 Å². The summed E-state index contributed by atoms with van der Waals surface area (Å²) in [6.07, 6.45) is 5.44. The zero-order valence-electron chi connectivity index (χ0n) is 17.6. The molecule has 3 aromatic heterocycles. The number of benzene rings is 2. The summed E-state index contributed by atoms with van der Waals surface area (Å²) in [5.41, 5.74) is 6.18. The van der Waals surface area contributed by atoms with Crippen molar-refractivity contribution in [3.8, 4) is 22.4 Å². The second kappa shape index (κ2) is 8.55. The molecule has 3 heterocycles. The summed E-state index contributed by atoms with van der Waals surface area (Å²) in [6, 6.07) is 22.9. The minimum atomic E-state index is -0.255. The van der Waals surface area contributed by atoms with Crippen LogP contribution in [0.4, 0.5) is 10.2 Å². The second-order valence-corrected chi connectivity index (χ2v) is 7.69. The van der Waals surface area contributed by atoms with Crippen LogP contribution in [0.25, 0.3) is 33.2 Å². The van der Waals surface area contributed by atoms with E-state index in [1.165, 1.54) is 17.7 Å². The SMILES string of the molecule is Cc1cc(-c2ccc(CNc3nccc4cc(-c5ccc(F)cc5)ncc34)cc2)ccn1. The molecule has 0 bridgehead atoms. The lowest BCUT2D eigenvalue weighted by Crippen LogP contribution is -2.02. The van der Waals surface area contributed by atoms with Crippen LogP contribution in [0.5, 0.6) is 0 Å². The van der Waals surface area contributed by atoms with E-state index in [0.717, 1.165) is 44.7 Å². The molecule has 0 aliphatic carbocycles. The van der Waals surface area contributed by atoms with Crippen LogP contribution in [0.2, 0.25) is 0 Å². The zero-order chi connectivity index (χ0) is 21.9. The Hall–Kier alpha value is -4.12. The molecule has 5 rings (SSSR count). The first-order valence-electron chi connectivity index (χ1n) is 10.4. The quantitative estimate of drug-likeness (QED) is 0.356. The molecule has 0 radical (unpaired) electrons. The van der Waals surface area contributed by atoms with Crippen LogP contribution in [-0.4, -0.2) is 15.0 Å². The second-order valence-electron chi connectivity index (χ2n) is 7.69. The molecule has 0 spiro atoms. The number of fused-ring (bicyclic) bond motifs is 1. The van der Waals surface area contributed by atoms with Gasteiger partial charge in [0.25, 0.3) is 0 Å². The zero-order valence-corrected chi connectivity index (χ0v) is 17.6. The third-order valence-electron chi connectivity index (χ3n) is 5.43. The molecular weight excluding hydrogens is 399 g/mol. The number of nitrogens with one attached hydrogen (secondary N) is 1. The van der Waals surface area contributed by atoms with Gasteiger partial charge in [0.2, 0.25) is 0 Å². The molecule has 2 aromatic carbocycles. The summed E-state index contributed by atoms with van der Waals surface area (Å²) in [5.74, 6) is 0.531. The number of hydrogen-bond donors (Lipinski definition) is 1. The Bertz CT molecular complexity index is 1380. The van der Waals surface area contributed by atoms with Crippen LogP contribution >= 0.6 is 0 Å². The number of halogens is 1. The number of anilines is 1. The van der Waals surface area contributed by atoms with Gasteiger partial charge in [0.1, 0.15) is 11.6 Å². The smallest absolute Gasteiger partial charge is 0.135 e. The van der Waals surface area contributed by atoms with Crippen molar-refractivity contribution in [3.05, 3.63) is 108 Å². The van der Waals surface area contributed by atoms with Gasteiger partial charge < -0.3 is 5.32 Å². The Morgan fingerprint density at radius 3 is 2.28 bits per heavy atom. The van der Waals surface area contributed by atoms with Gasteiger partial charge in [-0.25, -0.2) is 9.37 Å². The summed E-state index contributed by atoms with van der Waals surface area (Å²) in [5, 5.41) is 5.40. The summed E-state index contributed by atoms with van der Waals surface area (Å²) in [7, 11) is 0. The molecule has 0 unspecified atom stereocenters. The monoisotopic (exact) mass is 420 g/mol. The normalized spacial score (nSPS) is 10.9. The molecule has 0 fully saturated rings. The molecule has 4 nitrogen and oxygen atoms in total. The van der Waals surface area contributed by atoms with Gasteiger partial charge in [-0.3, -0.25) is 9.97 Å². The fraction of sp³-hybridized carbons (Fsp3) is 0.0741. The van der Waals surface area contributed by atoms with Gasteiger partial charge in [-0.05, 0) is 77.5 Å². The Labute approximate surface area is 185 Å². The van der Waals surface area contributed by atoms with Gasteiger partial charge in [0, 0.05) is 41.8 Å². The van der Waals surface area contributed by atoms with Gasteiger partial charge in [0.05, 0.1) is 5.69 Å². The number of nitrogens with zero attached hydrogens (tertiary/aromatic N) is 3. The summed E-state index contributed by atoms with van der Waals surface area (Å²) in [4.78, 5) is 13.3. The first kappa shape index (κ1) is 19.8. The summed E-state index contributed by atoms with van der Waals surface area (Å²) >= 11 is 0. The van der Waals surface area contributed by atoms with E-state index in [-0.39, 0.29) is 5.82 Å². The maximum atomic E-state index is 13.2. The third kappa shape index (κ3) is 4.18. The fourth-order valence-electron chi connectivity index (χ4n) is 3.71. The molecule has 0 saturated heterocycles. The highest BCUT2D eigenvalue weighted by Crippen LogP contribution is 2.26. The van der Waals surface area contributed by atoms with Crippen LogP contribution < -0.4 is 5.32 Å². The minimum Gasteiger partial charge on any atom is -0.365 e. The van der Waals surface area contributed by atoms with Gasteiger partial charge in [-0.15, -0.1) is 0 Å². The molecule has 32 heavy (non-hydrogen) atoms. The van der Waals surface area contributed by atoms with E-state index in [0.29, 0.717) is 6.54 Å². The number of pyridine rings is 3. The maximum absolute atomic E-state index is 13.2. The molecule has 5 aromatic rings. The predicted octanol–water partition coefficient (Wildman–Crippen LogP) is 6.42. The van der Waals surface area contributed by atoms with Crippen molar-refractivity contribution in [2.24, 2.45) is 0 Å². The van der Waals surface area contributed by atoms with Crippen molar-refractivity contribution in [1.29, 1.82) is 0 Å². The highest BCUT2D eigenvalue weighted by Gasteiger charge is 2.07. The first-order chi connectivity index (χ1) is 15.7. The first-order valence-corrected chi connectivity index (χ1v) is 10.4. The lowest BCUT2D eigenvalue weighted by Gasteiger charge is -2.10. The topological polar surface area (TPSA) is 50.7 Å². The largest absolute Gasteiger partial charge is 0.365 e. The minimum absolute atomic E-state index is 0.255. The van der Waals surface area contributed by atoms with Gasteiger partial charge >= 0.3 is 0 Å². The van der Waals surface area contributed by atoms with Crippen LogP contribution in [0, 0.1) is 12.7 Å². The molecule has 0 aliphatic heterocycles. The average Bonchev–Trinajstić information content (AvgIpc) is 2.83. The van der Waals surface area contributed by atoms with E-state index < -0.39 is 0 Å². The van der Waals surface area contributed by atoms with Gasteiger partial charge in [-0.2, -0.15) is 0 Å². The van der Waals surface area contributed by atoms with E-state index in [9.17, 15) is 4.39 Å². The van der Waals surface area contributed by atoms with Crippen LogP contribution in [-0.2, 0) is 6.54 Å². The Morgan fingerprint density at radius 1 is 0.750 bits per heavy atom. The van der Waals surface area contributed by atoms with Crippen LogP contribution in [0.3, 0.4) is 0 Å². The van der Waals surface area contributed by atoms with Crippen molar-refractivity contribution in [2.75, 3.05) is 5.32 Å². The molecule has 156 valence electrons. The third-order valence-corrected chi connectivity index (χ3v) is 5.43. The van der Waals surface area contributed by atoms with Crippen LogP contribution in [0.1, 0.15) is 11.3 Å². The number of aromatic nitrogens is 3. The molecule has 0 amide bonds. The highest BCUT2D eigenvalue weighted by atomic mass is 19.1. The van der Waals surface area contributed by atoms with Crippen molar-refractivity contribution >= 4 is 16.6 Å². The van der Waals surface area contributed by atoms with E-state index in [1.807, 2.05) is 37.5 Å². The Morgan fingerprint density at radius 2 is 1.50 bits per heavy atom. The molecule has 5 heteroatoms. The molecule has 0 saturated carbocycles. The van der Waals surface area contributed by atoms with E-state index in [4.69, 9.17) is 0 Å². The molecular formula is C27H21FN4. The Kier molecular flexibility index (Phi) is 5.30. The van der Waals surface area contributed by atoms with Crippen molar-refractivity contribution in [3.63, 3.8) is 0 Å². The lowest BCUT2D eigenvalue weighted by molar-refractivity contribution is 0.628. The highest BCUT2D eigenvalue weighted by molar-refractivity contribution is 5.93. The number of aryl methyl sites for hydroxylation is 1. The van der Waals surface area contributed by atoms with E-state index in [2.05, 4.69) is 50.6 Å². The van der Waals surface area contributed by atoms with Crippen molar-refractivity contribution < 1.29 is 4.39 Å². The Balaban J connectivity index is 1.34.